The van der Waals surface area contributed by atoms with E-state index in [1.807, 2.05) is 4.90 Å². The second kappa shape index (κ2) is 3.01. The number of nitrogens with zero attached hydrogens (tertiary/aromatic N) is 1. The highest BCUT2D eigenvalue weighted by atomic mass is 16.5. The molecule has 0 N–H and O–H groups in total. The molecule has 3 nitrogen and oxygen atoms in total. The van der Waals surface area contributed by atoms with Crippen LogP contribution in [0.3, 0.4) is 0 Å². The van der Waals surface area contributed by atoms with Crippen LogP contribution in [0.15, 0.2) is 0 Å². The molecule has 0 spiro atoms. The van der Waals surface area contributed by atoms with Crippen molar-refractivity contribution in [1.82, 2.24) is 4.90 Å². The number of rotatable bonds is 2. The normalized spacial score (nSPS) is 18.8. The van der Waals surface area contributed by atoms with Crippen LogP contribution in [-0.2, 0) is 9.53 Å². The van der Waals surface area contributed by atoms with Crippen LogP contribution in [0.4, 0.5) is 0 Å². The van der Waals surface area contributed by atoms with E-state index in [1.54, 1.807) is 7.11 Å². The highest BCUT2D eigenvalue weighted by Gasteiger charge is 2.26. The average molecular weight is 143 g/mol. The van der Waals surface area contributed by atoms with E-state index in [1.165, 1.54) is 0 Å². The van der Waals surface area contributed by atoms with Crippen LogP contribution in [0.25, 0.3) is 0 Å². The van der Waals surface area contributed by atoms with Gasteiger partial charge >= 0.3 is 0 Å². The molecular weight excluding hydrogens is 130 g/mol. The maximum absolute atomic E-state index is 11.0. The molecule has 1 rings (SSSR count). The Morgan fingerprint density at radius 1 is 1.70 bits per heavy atom. The molecule has 1 heterocycles. The van der Waals surface area contributed by atoms with E-state index in [-0.39, 0.29) is 12.5 Å². The van der Waals surface area contributed by atoms with Gasteiger partial charge in [0.05, 0.1) is 0 Å². The lowest BCUT2D eigenvalue weighted by Crippen LogP contribution is -2.49. The summed E-state index contributed by atoms with van der Waals surface area (Å²) in [4.78, 5) is 12.8. The summed E-state index contributed by atoms with van der Waals surface area (Å²) in [5.41, 5.74) is 0. The molecule has 0 saturated carbocycles. The number of hydrogen-bond acceptors (Lipinski definition) is 2. The van der Waals surface area contributed by atoms with Gasteiger partial charge in [0.2, 0.25) is 5.91 Å². The minimum Gasteiger partial charge on any atom is -0.375 e. The van der Waals surface area contributed by atoms with Crippen molar-refractivity contribution in [2.75, 3.05) is 26.8 Å². The fraction of sp³-hybridized carbons (Fsp3) is 0.857. The second-order valence-electron chi connectivity index (χ2n) is 2.84. The third-order valence-electron chi connectivity index (χ3n) is 1.68. The molecule has 1 aliphatic rings. The summed E-state index contributed by atoms with van der Waals surface area (Å²) >= 11 is 0. The molecule has 1 saturated heterocycles. The van der Waals surface area contributed by atoms with Gasteiger partial charge in [-0.3, -0.25) is 4.79 Å². The van der Waals surface area contributed by atoms with Crippen LogP contribution in [0, 0.1) is 5.92 Å². The summed E-state index contributed by atoms with van der Waals surface area (Å²) in [7, 11) is 1.54. The number of hydrogen-bond donors (Lipinski definition) is 0. The number of methoxy groups -OCH3 is 1. The first-order valence-electron chi connectivity index (χ1n) is 3.50. The Morgan fingerprint density at radius 2 is 2.30 bits per heavy atom. The molecule has 0 bridgehead atoms. The molecule has 1 amide bonds. The molecule has 1 fully saturated rings. The Hall–Kier alpha value is -0.570. The molecule has 0 aromatic carbocycles. The first-order valence-corrected chi connectivity index (χ1v) is 3.50. The standard InChI is InChI=1S/C7H13NO2/c1-6-3-8(4-6)7(9)5-10-2/h6H,3-5H2,1-2H3. The molecule has 58 valence electrons. The molecule has 1 aliphatic heterocycles. The molecule has 10 heavy (non-hydrogen) atoms. The topological polar surface area (TPSA) is 29.5 Å². The van der Waals surface area contributed by atoms with E-state index in [0.29, 0.717) is 5.92 Å². The molecule has 0 aliphatic carbocycles. The van der Waals surface area contributed by atoms with Gasteiger partial charge in [-0.1, -0.05) is 6.92 Å². The molecule has 0 aromatic heterocycles. The Labute approximate surface area is 61.0 Å². The van der Waals surface area contributed by atoms with E-state index in [9.17, 15) is 4.79 Å². The van der Waals surface area contributed by atoms with E-state index < -0.39 is 0 Å². The van der Waals surface area contributed by atoms with Crippen molar-refractivity contribution in [2.24, 2.45) is 5.92 Å². The zero-order valence-electron chi connectivity index (χ0n) is 6.46. The van der Waals surface area contributed by atoms with E-state index in [4.69, 9.17) is 4.74 Å². The quantitative estimate of drug-likeness (QED) is 0.549. The minimum atomic E-state index is 0.112. The predicted octanol–water partition coefficient (Wildman–Crippen LogP) is 0.111. The zero-order chi connectivity index (χ0) is 7.56. The predicted molar refractivity (Wildman–Crippen MR) is 37.6 cm³/mol. The lowest BCUT2D eigenvalue weighted by Gasteiger charge is -2.36. The molecule has 0 atom stereocenters. The molecule has 0 radical (unpaired) electrons. The first-order chi connectivity index (χ1) is 4.74. The molecule has 0 aromatic rings. The zero-order valence-corrected chi connectivity index (χ0v) is 6.46. The highest BCUT2D eigenvalue weighted by molar-refractivity contribution is 5.78. The van der Waals surface area contributed by atoms with Crippen molar-refractivity contribution >= 4 is 5.91 Å². The number of ether oxygens (including phenoxy) is 1. The first kappa shape index (κ1) is 7.54. The highest BCUT2D eigenvalue weighted by Crippen LogP contribution is 2.13. The number of carbonyl (C=O) groups excluding carboxylic acids is 1. The summed E-state index contributed by atoms with van der Waals surface area (Å²) in [6.45, 7) is 4.17. The van der Waals surface area contributed by atoms with Gasteiger partial charge in [0, 0.05) is 20.2 Å². The third kappa shape index (κ3) is 1.48. The SMILES string of the molecule is COCC(=O)N1CC(C)C1. The smallest absolute Gasteiger partial charge is 0.248 e. The van der Waals surface area contributed by atoms with E-state index in [0.717, 1.165) is 13.1 Å². The van der Waals surface area contributed by atoms with Crippen LogP contribution in [0.2, 0.25) is 0 Å². The van der Waals surface area contributed by atoms with Crippen LogP contribution >= 0.6 is 0 Å². The van der Waals surface area contributed by atoms with Gasteiger partial charge < -0.3 is 9.64 Å². The van der Waals surface area contributed by atoms with Gasteiger partial charge in [-0.05, 0) is 5.92 Å². The average Bonchev–Trinajstić information content (AvgIpc) is 1.82. The summed E-state index contributed by atoms with van der Waals surface area (Å²) in [5, 5.41) is 0. The number of carbonyl (C=O) groups is 1. The van der Waals surface area contributed by atoms with Crippen LogP contribution in [-0.4, -0.2) is 37.6 Å². The van der Waals surface area contributed by atoms with Crippen LogP contribution < -0.4 is 0 Å². The molecule has 3 heteroatoms. The van der Waals surface area contributed by atoms with Gasteiger partial charge in [-0.25, -0.2) is 0 Å². The van der Waals surface area contributed by atoms with Crippen molar-refractivity contribution in [3.05, 3.63) is 0 Å². The fourth-order valence-electron chi connectivity index (χ4n) is 1.12. The Morgan fingerprint density at radius 3 is 2.70 bits per heavy atom. The van der Waals surface area contributed by atoms with Crippen molar-refractivity contribution in [3.8, 4) is 0 Å². The Kier molecular flexibility index (Phi) is 2.27. The van der Waals surface area contributed by atoms with Gasteiger partial charge in [0.25, 0.3) is 0 Å². The van der Waals surface area contributed by atoms with E-state index >= 15 is 0 Å². The second-order valence-corrected chi connectivity index (χ2v) is 2.84. The summed E-state index contributed by atoms with van der Waals surface area (Å²) in [6, 6.07) is 0. The van der Waals surface area contributed by atoms with Crippen molar-refractivity contribution in [2.45, 2.75) is 6.92 Å². The molecule has 0 unspecified atom stereocenters. The van der Waals surface area contributed by atoms with Gasteiger partial charge in [-0.2, -0.15) is 0 Å². The van der Waals surface area contributed by atoms with Crippen LogP contribution in [0.1, 0.15) is 6.92 Å². The summed E-state index contributed by atoms with van der Waals surface area (Å²) in [6.07, 6.45) is 0. The number of likely N-dealkylation sites (tertiary alicyclic amines) is 1. The largest absolute Gasteiger partial charge is 0.375 e. The third-order valence-corrected chi connectivity index (χ3v) is 1.68. The van der Waals surface area contributed by atoms with Gasteiger partial charge in [-0.15, -0.1) is 0 Å². The monoisotopic (exact) mass is 143 g/mol. The molecular formula is C7H13NO2. The fourth-order valence-corrected chi connectivity index (χ4v) is 1.12. The van der Waals surface area contributed by atoms with Crippen molar-refractivity contribution < 1.29 is 9.53 Å². The summed E-state index contributed by atoms with van der Waals surface area (Å²) in [5.74, 6) is 0.793. The van der Waals surface area contributed by atoms with Gasteiger partial charge in [0.1, 0.15) is 6.61 Å². The van der Waals surface area contributed by atoms with Crippen molar-refractivity contribution in [1.29, 1.82) is 0 Å². The lowest BCUT2D eigenvalue weighted by atomic mass is 10.0. The lowest BCUT2D eigenvalue weighted by molar-refractivity contribution is -0.141. The van der Waals surface area contributed by atoms with Gasteiger partial charge in [0.15, 0.2) is 0 Å². The maximum atomic E-state index is 11.0. The Balaban J connectivity index is 2.18. The summed E-state index contributed by atoms with van der Waals surface area (Å²) < 4.78 is 4.70. The van der Waals surface area contributed by atoms with E-state index in [2.05, 4.69) is 6.92 Å². The van der Waals surface area contributed by atoms with Crippen molar-refractivity contribution in [3.63, 3.8) is 0 Å². The minimum absolute atomic E-state index is 0.112. The Bertz CT molecular complexity index is 130. The number of amides is 1. The maximum Gasteiger partial charge on any atom is 0.248 e. The van der Waals surface area contributed by atoms with Crippen LogP contribution in [0.5, 0.6) is 0 Å².